The molecule has 0 saturated heterocycles. The third-order valence-corrected chi connectivity index (χ3v) is 7.38. The van der Waals surface area contributed by atoms with Gasteiger partial charge in [-0.2, -0.15) is 5.10 Å². The van der Waals surface area contributed by atoms with E-state index in [1.54, 1.807) is 12.1 Å². The second-order valence-corrected chi connectivity index (χ2v) is 9.76. The maximum absolute atomic E-state index is 14.7. The molecule has 0 spiro atoms. The third-order valence-electron chi connectivity index (χ3n) is 5.12. The molecule has 0 fully saturated rings. The van der Waals surface area contributed by atoms with Gasteiger partial charge in [0.2, 0.25) is 5.13 Å². The van der Waals surface area contributed by atoms with E-state index in [1.165, 1.54) is 29.2 Å². The lowest BCUT2D eigenvalue weighted by Crippen LogP contribution is -2.39. The molecule has 2 heterocycles. The molecular weight excluding hydrogens is 464 g/mol. The molecule has 3 aromatic rings. The number of halogens is 2. The maximum atomic E-state index is 14.7. The summed E-state index contributed by atoms with van der Waals surface area (Å²) in [6.45, 7) is 2.45. The van der Waals surface area contributed by atoms with Crippen LogP contribution in [0.4, 0.5) is 13.9 Å². The molecule has 1 aliphatic heterocycles. The van der Waals surface area contributed by atoms with Crippen LogP contribution in [0.2, 0.25) is 0 Å². The first kappa shape index (κ1) is 23.1. The van der Waals surface area contributed by atoms with Crippen molar-refractivity contribution >= 4 is 39.2 Å². The first-order chi connectivity index (χ1) is 15.9. The molecule has 1 aromatic heterocycles. The Balaban J connectivity index is 1.78. The van der Waals surface area contributed by atoms with Gasteiger partial charge in [-0.15, -0.1) is 10.2 Å². The average molecular weight is 488 g/mol. The monoisotopic (exact) mass is 487 g/mol. The Labute approximate surface area is 198 Å². The van der Waals surface area contributed by atoms with Gasteiger partial charge in [0, 0.05) is 19.2 Å². The molecule has 4 rings (SSSR count). The quantitative estimate of drug-likeness (QED) is 0.295. The third kappa shape index (κ3) is 4.83. The second kappa shape index (κ2) is 9.84. The molecule has 1 aliphatic rings. The minimum atomic E-state index is -0.735. The van der Waals surface area contributed by atoms with Crippen molar-refractivity contribution < 1.29 is 8.78 Å². The number of benzene rings is 2. The molecule has 0 saturated carbocycles. The molecule has 1 unspecified atom stereocenters. The zero-order valence-corrected chi connectivity index (χ0v) is 19.8. The van der Waals surface area contributed by atoms with E-state index >= 15 is 0 Å². The molecule has 0 amide bonds. The minimum Gasteiger partial charge on any atom is -0.370 e. The van der Waals surface area contributed by atoms with Crippen molar-refractivity contribution in [2.24, 2.45) is 15.8 Å². The van der Waals surface area contributed by atoms with E-state index in [2.05, 4.69) is 20.5 Å². The van der Waals surface area contributed by atoms with Crippen LogP contribution in [0.15, 0.2) is 58.6 Å². The molecule has 33 heavy (non-hydrogen) atoms. The van der Waals surface area contributed by atoms with Gasteiger partial charge in [0.15, 0.2) is 5.96 Å². The second-order valence-electron chi connectivity index (χ2n) is 7.34. The summed E-state index contributed by atoms with van der Waals surface area (Å²) in [7, 11) is 1.62. The molecule has 11 heteroatoms. The average Bonchev–Trinajstić information content (AvgIpc) is 3.43. The van der Waals surface area contributed by atoms with Gasteiger partial charge >= 0.3 is 0 Å². The van der Waals surface area contributed by atoms with Crippen molar-refractivity contribution in [3.63, 3.8) is 0 Å². The Kier molecular flexibility index (Phi) is 6.89. The van der Waals surface area contributed by atoms with Gasteiger partial charge in [-0.1, -0.05) is 53.4 Å². The van der Waals surface area contributed by atoms with Crippen LogP contribution < -0.4 is 16.1 Å². The van der Waals surface area contributed by atoms with E-state index in [-0.39, 0.29) is 5.56 Å². The van der Waals surface area contributed by atoms with Crippen LogP contribution >= 0.6 is 23.1 Å². The zero-order chi connectivity index (χ0) is 23.4. The summed E-state index contributed by atoms with van der Waals surface area (Å²) in [6.07, 6.45) is 1.33. The summed E-state index contributed by atoms with van der Waals surface area (Å²) < 4.78 is 28.7. The van der Waals surface area contributed by atoms with Gasteiger partial charge in [0.05, 0.1) is 0 Å². The van der Waals surface area contributed by atoms with Crippen LogP contribution in [0, 0.1) is 18.6 Å². The molecule has 0 bridgehead atoms. The number of aromatic nitrogens is 2. The van der Waals surface area contributed by atoms with Gasteiger partial charge in [-0.25, -0.2) is 13.8 Å². The highest BCUT2D eigenvalue weighted by Gasteiger charge is 2.47. The fourth-order valence-corrected chi connectivity index (χ4v) is 5.73. The molecule has 1 atom stereocenters. The van der Waals surface area contributed by atoms with Crippen molar-refractivity contribution in [2.75, 3.05) is 18.6 Å². The highest BCUT2D eigenvalue weighted by Crippen LogP contribution is 2.52. The SMILES string of the molecule is C/N=C(/N)NCCCC1(c2ccccc2)SC(c2cc(F)ccc2F)=NN1c1nnc(C)s1. The first-order valence-corrected chi connectivity index (χ1v) is 11.9. The first-order valence-electron chi connectivity index (χ1n) is 10.3. The van der Waals surface area contributed by atoms with E-state index in [0.29, 0.717) is 35.5 Å². The summed E-state index contributed by atoms with van der Waals surface area (Å²) >= 11 is 2.78. The van der Waals surface area contributed by atoms with Gasteiger partial charge < -0.3 is 11.1 Å². The highest BCUT2D eigenvalue weighted by molar-refractivity contribution is 8.15. The Morgan fingerprint density at radius 2 is 1.97 bits per heavy atom. The number of nitrogens with one attached hydrogen (secondary N) is 1. The summed E-state index contributed by atoms with van der Waals surface area (Å²) in [5.41, 5.74) is 6.85. The van der Waals surface area contributed by atoms with E-state index < -0.39 is 16.5 Å². The normalized spacial score (nSPS) is 18.5. The lowest BCUT2D eigenvalue weighted by Gasteiger charge is -2.35. The van der Waals surface area contributed by atoms with E-state index in [0.717, 1.165) is 22.7 Å². The van der Waals surface area contributed by atoms with Crippen molar-refractivity contribution in [1.29, 1.82) is 0 Å². The Morgan fingerprint density at radius 1 is 1.18 bits per heavy atom. The van der Waals surface area contributed by atoms with Crippen LogP contribution in [0.3, 0.4) is 0 Å². The van der Waals surface area contributed by atoms with Crippen molar-refractivity contribution in [3.8, 4) is 0 Å². The molecule has 172 valence electrons. The fraction of sp³-hybridized carbons (Fsp3) is 0.273. The Hall–Kier alpha value is -3.05. The van der Waals surface area contributed by atoms with Gasteiger partial charge in [0.1, 0.15) is 26.6 Å². The maximum Gasteiger partial charge on any atom is 0.230 e. The summed E-state index contributed by atoms with van der Waals surface area (Å²) in [6, 6.07) is 13.2. The molecule has 7 nitrogen and oxygen atoms in total. The van der Waals surface area contributed by atoms with E-state index in [9.17, 15) is 8.78 Å². The number of aliphatic imine (C=N–C) groups is 1. The summed E-state index contributed by atoms with van der Waals surface area (Å²) in [5.74, 6) is -0.699. The molecule has 0 aliphatic carbocycles. The van der Waals surface area contributed by atoms with E-state index in [4.69, 9.17) is 10.8 Å². The lowest BCUT2D eigenvalue weighted by atomic mass is 10.0. The highest BCUT2D eigenvalue weighted by atomic mass is 32.2. The minimum absolute atomic E-state index is 0.115. The van der Waals surface area contributed by atoms with Gasteiger partial charge in [-0.3, -0.25) is 4.99 Å². The van der Waals surface area contributed by atoms with Crippen molar-refractivity contribution in [1.82, 2.24) is 15.5 Å². The topological polar surface area (TPSA) is 91.8 Å². The van der Waals surface area contributed by atoms with Crippen LogP contribution in [-0.4, -0.2) is 34.8 Å². The van der Waals surface area contributed by atoms with Crippen LogP contribution in [0.1, 0.15) is 29.0 Å². The summed E-state index contributed by atoms with van der Waals surface area (Å²) in [5, 5.41) is 19.8. The molecular formula is C22H23F2N7S2. The number of guanidine groups is 1. The fourth-order valence-electron chi connectivity index (χ4n) is 3.54. The number of hydrogen-bond acceptors (Lipinski definition) is 7. The van der Waals surface area contributed by atoms with Gasteiger partial charge in [0.25, 0.3) is 0 Å². The molecule has 3 N–H and O–H groups in total. The number of rotatable bonds is 7. The summed E-state index contributed by atoms with van der Waals surface area (Å²) in [4.78, 5) is 3.18. The zero-order valence-electron chi connectivity index (χ0n) is 18.1. The van der Waals surface area contributed by atoms with Crippen LogP contribution in [0.5, 0.6) is 0 Å². The van der Waals surface area contributed by atoms with Crippen molar-refractivity contribution in [3.05, 3.63) is 76.3 Å². The number of nitrogens with zero attached hydrogens (tertiary/aromatic N) is 5. The number of hydrogen-bond donors (Lipinski definition) is 2. The number of aryl methyl sites for hydroxylation is 1. The van der Waals surface area contributed by atoms with Crippen LogP contribution in [-0.2, 0) is 4.87 Å². The largest absolute Gasteiger partial charge is 0.370 e. The lowest BCUT2D eigenvalue weighted by molar-refractivity contribution is 0.518. The number of hydrazone groups is 1. The molecule has 2 aromatic carbocycles. The number of thioether (sulfide) groups is 1. The van der Waals surface area contributed by atoms with Crippen LogP contribution in [0.25, 0.3) is 0 Å². The van der Waals surface area contributed by atoms with Gasteiger partial charge in [-0.05, 0) is 43.5 Å². The Morgan fingerprint density at radius 3 is 2.67 bits per heavy atom. The predicted octanol–water partition coefficient (Wildman–Crippen LogP) is 4.21. The smallest absolute Gasteiger partial charge is 0.230 e. The van der Waals surface area contributed by atoms with E-state index in [1.807, 2.05) is 37.3 Å². The number of nitrogens with two attached hydrogens (primary N) is 1. The number of anilines is 1. The van der Waals surface area contributed by atoms with Crippen molar-refractivity contribution in [2.45, 2.75) is 24.6 Å². The predicted molar refractivity (Wildman–Crippen MR) is 131 cm³/mol. The molecule has 0 radical (unpaired) electrons. The Bertz CT molecular complexity index is 1180. The standard InChI is InChI=1S/C22H23F2N7S2/c1-14-28-29-21(32-14)31-22(15-7-4-3-5-8-15,11-6-12-27-20(25)26-2)33-19(30-31)17-13-16(23)9-10-18(17)24/h3-5,7-10,13H,6,11-12H2,1-2H3,(H3,25,26,27).